The molecule has 0 bridgehead atoms. The van der Waals surface area contributed by atoms with Gasteiger partial charge in [0, 0.05) is 17.4 Å². The molecule has 0 aromatic rings. The third-order valence-electron chi connectivity index (χ3n) is 29.7. The second-order valence-corrected chi connectivity index (χ2v) is 60.3. The van der Waals surface area contributed by atoms with Gasteiger partial charge in [0.15, 0.2) is 34.0 Å². The van der Waals surface area contributed by atoms with Crippen molar-refractivity contribution in [2.75, 3.05) is 13.2 Å². The largest absolute Gasteiger partial charge is 1.00 e. The van der Waals surface area contributed by atoms with Gasteiger partial charge in [-0.15, -0.1) is 0 Å². The van der Waals surface area contributed by atoms with E-state index in [-0.39, 0.29) is 98.8 Å². The van der Waals surface area contributed by atoms with Gasteiger partial charge in [-0.25, -0.2) is 0 Å². The van der Waals surface area contributed by atoms with E-state index in [2.05, 4.69) is 215 Å². The van der Waals surface area contributed by atoms with E-state index < -0.39 is 38.4 Å². The quantitative estimate of drug-likeness (QED) is 0.128. The van der Waals surface area contributed by atoms with Gasteiger partial charge in [0.05, 0.1) is 58.4 Å². The molecule has 9 rings (SSSR count). The molecule has 0 spiro atoms. The molecule has 1 saturated heterocycles. The van der Waals surface area contributed by atoms with Gasteiger partial charge in [0.2, 0.25) is 0 Å². The Labute approximate surface area is 583 Å². The molecule has 0 aromatic carbocycles. The van der Waals surface area contributed by atoms with E-state index >= 15 is 0 Å². The average molecular weight is 1330 g/mol. The molecule has 5 unspecified atom stereocenters. The number of ether oxygens (including phenoxy) is 3. The van der Waals surface area contributed by atoms with Crippen LogP contribution in [0.25, 0.3) is 0 Å². The monoisotopic (exact) mass is 1330 g/mol. The number of hydrogen-bond donors (Lipinski definition) is 1. The van der Waals surface area contributed by atoms with Crippen LogP contribution in [0, 0.1) is 57.2 Å². The molecule has 90 heavy (non-hydrogen) atoms. The van der Waals surface area contributed by atoms with Crippen LogP contribution in [0.15, 0.2) is 46.6 Å². The van der Waals surface area contributed by atoms with E-state index in [0.717, 1.165) is 17.7 Å². The van der Waals surface area contributed by atoms with Crippen molar-refractivity contribution in [1.29, 1.82) is 0 Å². The predicted octanol–water partition coefficient (Wildman–Crippen LogP) is 16.2. The maximum absolute atomic E-state index is 10.2. The fourth-order valence-corrected chi connectivity index (χ4v) is 27.3. The van der Waals surface area contributed by atoms with Crippen LogP contribution >= 0.6 is 0 Å². The summed E-state index contributed by atoms with van der Waals surface area (Å²) in [6, 6.07) is 0. The third-order valence-corrected chi connectivity index (χ3v) is 51.4. The van der Waals surface area contributed by atoms with E-state index in [1.165, 1.54) is 77.0 Å². The van der Waals surface area contributed by atoms with Crippen LogP contribution in [0.1, 0.15) is 237 Å². The molecule has 17 atom stereocenters. The molecule has 8 nitrogen and oxygen atoms in total. The molecule has 14 heteroatoms. The first kappa shape index (κ1) is 83.1. The molecular formula is C76H146AlLiO8Si4. The van der Waals surface area contributed by atoms with Gasteiger partial charge in [-0.2, -0.15) is 0 Å². The Morgan fingerprint density at radius 2 is 0.878 bits per heavy atom. The topological polar surface area (TPSA) is 133 Å². The number of aliphatic hydroxyl groups is 1. The molecule has 0 radical (unpaired) electrons. The molecular weight excluding hydrogens is 1190 g/mol. The number of hydrogen-bond acceptors (Lipinski definition) is 6. The van der Waals surface area contributed by atoms with Gasteiger partial charge in [0.25, 0.3) is 0 Å². The van der Waals surface area contributed by atoms with Crippen molar-refractivity contribution in [2.45, 2.75) is 361 Å². The molecule has 6 saturated carbocycles. The van der Waals surface area contributed by atoms with Crippen molar-refractivity contribution >= 4 is 50.1 Å². The van der Waals surface area contributed by atoms with Crippen LogP contribution < -0.4 is 18.9 Å². The summed E-state index contributed by atoms with van der Waals surface area (Å²) < 4.78 is 34.1. The summed E-state index contributed by atoms with van der Waals surface area (Å²) in [5.74, 6) is 3.69. The maximum Gasteiger partial charge on any atom is 1.00 e. The zero-order valence-corrected chi connectivity index (χ0v) is 67.9. The van der Waals surface area contributed by atoms with Crippen LogP contribution in [0.4, 0.5) is 0 Å². The molecule has 1 heterocycles. The molecule has 7 fully saturated rings. The van der Waals surface area contributed by atoms with Gasteiger partial charge < -0.3 is 40.5 Å². The smallest absolute Gasteiger partial charge is 1.00 e. The van der Waals surface area contributed by atoms with Gasteiger partial charge in [-0.3, -0.25) is 0 Å². The molecule has 5 N–H and O–H groups in total. The Hall–Kier alpha value is 0.637. The summed E-state index contributed by atoms with van der Waals surface area (Å²) in [7, 11) is -7.02. The summed E-state index contributed by atoms with van der Waals surface area (Å²) in [6.07, 6.45) is 27.8. The first-order valence-electron chi connectivity index (χ1n) is 35.6. The second kappa shape index (κ2) is 27.6. The number of rotatable bonds is 15. The Morgan fingerprint density at radius 1 is 0.533 bits per heavy atom. The summed E-state index contributed by atoms with van der Waals surface area (Å²) in [4.78, 5) is 0. The zero-order valence-electron chi connectivity index (χ0n) is 64.9. The minimum atomic E-state index is -1.97. The number of allylic oxidation sites excluding steroid dienone is 6. The van der Waals surface area contributed by atoms with E-state index in [4.69, 9.17) is 23.1 Å². The van der Waals surface area contributed by atoms with Gasteiger partial charge in [-0.05, 0) is 229 Å². The maximum atomic E-state index is 10.2. The molecule has 0 aromatic heterocycles. The van der Waals surface area contributed by atoms with Crippen LogP contribution in [0.3, 0.4) is 0 Å². The third kappa shape index (κ3) is 15.2. The summed E-state index contributed by atoms with van der Waals surface area (Å²) in [5.41, 5.74) is 8.56. The predicted molar refractivity (Wildman–Crippen MR) is 396 cm³/mol. The standard InChI is InChI=1S/C38H68O3Si2.C38H70O3Si2.Al.Li.2H2O.4H/c1-25(39-24-33-36(8,9)40-33)29-18-19-30-28-17-16-26-22-27(42(12,13)34(2,3)4)23-32(41-43(14,15)35(5,6)7)38(26,11)31(28)20-21-37(29,30)10;1-26(40-23-22-36(8,9)39)30-18-19-31-29-17-16-27-24-28(42(12,13)34(2,3)4)25-33(41-43(14,15)35(5,6)7)38(27,11)32(29)20-21-37(30,31)10;;;;;;;;/h16-17,25,27,29-33H,18-24H2,1-15H3;16-17,26,28,30-33,39H,18-25H2,1-15H3;;;2*1H2;;;;/q;;;+1;;;;;;-1/t25-,27+,29+,30?,31?,32-,33?,37+,38-;26-,28+,30+,31?,32?,33-,37+,38-;;;;;;;;/m00......../s1. The van der Waals surface area contributed by atoms with Crippen molar-refractivity contribution in [2.24, 2.45) is 57.2 Å². The second-order valence-electron chi connectivity index (χ2n) is 39.3. The fourth-order valence-electron chi connectivity index (χ4n) is 19.0. The van der Waals surface area contributed by atoms with Crippen LogP contribution in [-0.2, 0) is 23.1 Å². The van der Waals surface area contributed by atoms with Gasteiger partial charge >= 0.3 is 18.9 Å². The number of epoxide rings is 1. The summed E-state index contributed by atoms with van der Waals surface area (Å²) >= 11 is 0. The molecule has 0 amide bonds. The molecule has 518 valence electrons. The van der Waals surface area contributed by atoms with Crippen molar-refractivity contribution in [3.8, 4) is 0 Å². The van der Waals surface area contributed by atoms with Crippen molar-refractivity contribution in [3.63, 3.8) is 0 Å². The Kier molecular flexibility index (Phi) is 25.5. The van der Waals surface area contributed by atoms with E-state index in [1.54, 1.807) is 22.3 Å². The molecule has 1 aliphatic heterocycles. The van der Waals surface area contributed by atoms with E-state index in [1.807, 2.05) is 13.8 Å². The van der Waals surface area contributed by atoms with Crippen molar-refractivity contribution < 1.29 is 59.4 Å². The first-order chi connectivity index (χ1) is 38.8. The zero-order chi connectivity index (χ0) is 64.8. The van der Waals surface area contributed by atoms with E-state index in [9.17, 15) is 5.11 Å². The summed E-state index contributed by atoms with van der Waals surface area (Å²) in [6.45, 7) is 74.7. The minimum Gasteiger partial charge on any atom is -1.00 e. The Balaban J connectivity index is 0.000000450. The SMILES string of the molecule is C[C@H](OCC1OC1(C)C)[C@H]1CCC2C3=CC=C4C[C@@H]([Si](C)(C)C(C)(C)C)C[C@H](O[Si](C)(C)C(C)(C)C)[C@]4(C)C3CC[C@@]21C.C[C@H](OCCC(C)(C)O)[C@H]1CCC2C3=CC=C4C[C@@H]([Si](C)(C)C(C)(C)C)C[C@H](O[Si](C)(C)C(C)(C)C)[C@]4(C)C3CC[C@@]21C.O.O.[AlH3].[H-].[Li+]. The van der Waals surface area contributed by atoms with Gasteiger partial charge in [-0.1, -0.05) is 184 Å². The Bertz CT molecular complexity index is 2600. The van der Waals surface area contributed by atoms with Gasteiger partial charge in [0.1, 0.15) is 6.10 Å². The van der Waals surface area contributed by atoms with Crippen molar-refractivity contribution in [1.82, 2.24) is 0 Å². The fraction of sp³-hybridized carbons (Fsp3) is 0.895. The summed E-state index contributed by atoms with van der Waals surface area (Å²) in [5, 5.41) is 11.4. The normalized spacial score (nSPS) is 36.5. The van der Waals surface area contributed by atoms with Crippen LogP contribution in [-0.4, -0.2) is 121 Å². The minimum absolute atomic E-state index is 0. The number of fused-ring (bicyclic) bond motifs is 10. The van der Waals surface area contributed by atoms with Crippen molar-refractivity contribution in [3.05, 3.63) is 46.6 Å². The average Bonchev–Trinajstić information content (AvgIpc) is 1.36. The van der Waals surface area contributed by atoms with Crippen LogP contribution in [0.5, 0.6) is 0 Å². The molecule has 9 aliphatic rings. The molecule has 8 aliphatic carbocycles. The Morgan fingerprint density at radius 3 is 1.19 bits per heavy atom. The first-order valence-corrected chi connectivity index (χ1v) is 47.6. The van der Waals surface area contributed by atoms with Crippen LogP contribution in [0.2, 0.25) is 83.6 Å². The van der Waals surface area contributed by atoms with E-state index in [0.29, 0.717) is 76.2 Å².